The summed E-state index contributed by atoms with van der Waals surface area (Å²) >= 11 is 0. The van der Waals surface area contributed by atoms with Crippen molar-refractivity contribution in [3.05, 3.63) is 84.7 Å². The third-order valence-electron chi connectivity index (χ3n) is 3.73. The molecule has 3 aromatic rings. The Hall–Kier alpha value is -2.38. The zero-order valence-corrected chi connectivity index (χ0v) is 13.5. The van der Waals surface area contributed by atoms with E-state index in [1.807, 2.05) is 36.4 Å². The van der Waals surface area contributed by atoms with E-state index in [1.165, 1.54) is 25.3 Å². The maximum absolute atomic E-state index is 14.5. The molecule has 0 fully saturated rings. The molecule has 0 saturated carbocycles. The minimum Gasteiger partial charge on any atom is -0.497 e. The average molecular weight is 326 g/mol. The quantitative estimate of drug-likeness (QED) is 0.686. The van der Waals surface area contributed by atoms with Gasteiger partial charge in [-0.2, -0.15) is 0 Å². The van der Waals surface area contributed by atoms with Crippen molar-refractivity contribution in [1.29, 1.82) is 0 Å². The lowest BCUT2D eigenvalue weighted by Crippen LogP contribution is -2.27. The zero-order chi connectivity index (χ0) is 16.3. The van der Waals surface area contributed by atoms with E-state index in [-0.39, 0.29) is 5.30 Å². The Morgan fingerprint density at radius 1 is 0.826 bits per heavy atom. The van der Waals surface area contributed by atoms with Gasteiger partial charge in [-0.05, 0) is 18.2 Å². The molecule has 23 heavy (non-hydrogen) atoms. The molecule has 0 amide bonds. The zero-order valence-electron chi connectivity index (χ0n) is 12.6. The molecule has 3 aromatic carbocycles. The number of hydrogen-bond acceptors (Lipinski definition) is 2. The van der Waals surface area contributed by atoms with Crippen molar-refractivity contribution in [3.63, 3.8) is 0 Å². The topological polar surface area (TPSA) is 26.3 Å². The first-order valence-corrected chi connectivity index (χ1v) is 8.92. The van der Waals surface area contributed by atoms with Crippen LogP contribution < -0.4 is 20.7 Å². The van der Waals surface area contributed by atoms with Crippen LogP contribution in [0.25, 0.3) is 0 Å². The van der Waals surface area contributed by atoms with Gasteiger partial charge in [0.25, 0.3) is 0 Å². The number of methoxy groups -OCH3 is 1. The van der Waals surface area contributed by atoms with Crippen LogP contribution in [0.2, 0.25) is 0 Å². The van der Waals surface area contributed by atoms with E-state index in [1.54, 1.807) is 24.3 Å². The third kappa shape index (κ3) is 2.80. The Labute approximate surface area is 134 Å². The van der Waals surface area contributed by atoms with E-state index >= 15 is 0 Å². The minimum absolute atomic E-state index is 0.161. The fraction of sp³-hybridized carbons (Fsp3) is 0.0526. The highest BCUT2D eigenvalue weighted by Crippen LogP contribution is 2.43. The normalized spacial score (nSPS) is 11.2. The van der Waals surface area contributed by atoms with Crippen molar-refractivity contribution >= 4 is 23.1 Å². The van der Waals surface area contributed by atoms with Crippen LogP contribution in [0.4, 0.5) is 4.39 Å². The maximum Gasteiger partial charge on any atom is 0.174 e. The highest BCUT2D eigenvalue weighted by molar-refractivity contribution is 7.85. The molecule has 0 atom stereocenters. The summed E-state index contributed by atoms with van der Waals surface area (Å²) in [5, 5.41) is 1.35. The van der Waals surface area contributed by atoms with Gasteiger partial charge in [-0.15, -0.1) is 0 Å². The summed E-state index contributed by atoms with van der Waals surface area (Å²) in [5.74, 6) is -0.0182. The molecule has 0 bridgehead atoms. The molecule has 116 valence electrons. The van der Waals surface area contributed by atoms with Crippen molar-refractivity contribution < 1.29 is 13.7 Å². The van der Waals surface area contributed by atoms with Crippen molar-refractivity contribution in [2.75, 3.05) is 7.11 Å². The second-order valence-corrected chi connectivity index (χ2v) is 7.83. The number of benzene rings is 3. The molecule has 0 N–H and O–H groups in total. The van der Waals surface area contributed by atoms with E-state index in [0.29, 0.717) is 16.4 Å². The molecule has 0 aromatic heterocycles. The molecule has 0 aliphatic carbocycles. The highest BCUT2D eigenvalue weighted by Gasteiger charge is 2.32. The van der Waals surface area contributed by atoms with Crippen LogP contribution in [0.15, 0.2) is 78.9 Å². The summed E-state index contributed by atoms with van der Waals surface area (Å²) in [4.78, 5) is 0. The van der Waals surface area contributed by atoms with Crippen LogP contribution >= 0.6 is 7.14 Å². The standard InChI is InChI=1S/C19H16FO2P/c1-22-15-12-13-18(20)19(14-15)23(21,16-8-4-2-5-9-16)17-10-6-3-7-11-17/h2-14H,1H3. The fourth-order valence-corrected chi connectivity index (χ4v) is 5.29. The van der Waals surface area contributed by atoms with Crippen molar-refractivity contribution in [3.8, 4) is 5.75 Å². The van der Waals surface area contributed by atoms with Crippen LogP contribution in [0.1, 0.15) is 0 Å². The molecule has 0 spiro atoms. The van der Waals surface area contributed by atoms with Gasteiger partial charge in [0, 0.05) is 10.6 Å². The van der Waals surface area contributed by atoms with Crippen molar-refractivity contribution in [2.45, 2.75) is 0 Å². The molecule has 4 heteroatoms. The molecule has 0 unspecified atom stereocenters. The van der Waals surface area contributed by atoms with Crippen LogP contribution in [-0.4, -0.2) is 7.11 Å². The lowest BCUT2D eigenvalue weighted by atomic mass is 10.3. The van der Waals surface area contributed by atoms with E-state index < -0.39 is 13.0 Å². The molecular weight excluding hydrogens is 310 g/mol. The second kappa shape index (κ2) is 6.39. The summed E-state index contributed by atoms with van der Waals surface area (Å²) in [6, 6.07) is 22.4. The predicted octanol–water partition coefficient (Wildman–Crippen LogP) is 3.47. The van der Waals surface area contributed by atoms with E-state index in [2.05, 4.69) is 0 Å². The van der Waals surface area contributed by atoms with Crippen molar-refractivity contribution in [2.24, 2.45) is 0 Å². The second-order valence-electron chi connectivity index (χ2n) is 5.10. The molecule has 0 aliphatic rings. The number of halogens is 1. The Kier molecular flexibility index (Phi) is 4.31. The first kappa shape index (κ1) is 15.5. The van der Waals surface area contributed by atoms with Gasteiger partial charge in [0.15, 0.2) is 7.14 Å². The fourth-order valence-electron chi connectivity index (χ4n) is 2.56. The largest absolute Gasteiger partial charge is 0.497 e. The number of ether oxygens (including phenoxy) is 1. The van der Waals surface area contributed by atoms with Crippen LogP contribution in [0.3, 0.4) is 0 Å². The van der Waals surface area contributed by atoms with Gasteiger partial charge < -0.3 is 9.30 Å². The summed E-state index contributed by atoms with van der Waals surface area (Å²) < 4.78 is 33.7. The first-order valence-electron chi connectivity index (χ1n) is 7.21. The molecule has 0 saturated heterocycles. The van der Waals surface area contributed by atoms with Crippen LogP contribution in [0.5, 0.6) is 5.75 Å². The molecule has 0 heterocycles. The average Bonchev–Trinajstić information content (AvgIpc) is 2.63. The lowest BCUT2D eigenvalue weighted by Gasteiger charge is -2.21. The molecule has 2 nitrogen and oxygen atoms in total. The van der Waals surface area contributed by atoms with Crippen molar-refractivity contribution in [1.82, 2.24) is 0 Å². The first-order chi connectivity index (χ1) is 11.2. The smallest absolute Gasteiger partial charge is 0.174 e. The SMILES string of the molecule is COc1ccc(F)c(P(=O)(c2ccccc2)c2ccccc2)c1. The number of hydrogen-bond donors (Lipinski definition) is 0. The van der Waals surface area contributed by atoms with Gasteiger partial charge in [0.2, 0.25) is 0 Å². The Morgan fingerprint density at radius 2 is 1.35 bits per heavy atom. The maximum atomic E-state index is 14.5. The van der Waals surface area contributed by atoms with E-state index in [0.717, 1.165) is 0 Å². The Morgan fingerprint density at radius 3 is 1.83 bits per heavy atom. The molecule has 3 rings (SSSR count). The third-order valence-corrected chi connectivity index (χ3v) is 6.80. The predicted molar refractivity (Wildman–Crippen MR) is 92.3 cm³/mol. The van der Waals surface area contributed by atoms with Crippen LogP contribution in [-0.2, 0) is 4.57 Å². The minimum atomic E-state index is -3.31. The van der Waals surface area contributed by atoms with Gasteiger partial charge in [-0.3, -0.25) is 0 Å². The lowest BCUT2D eigenvalue weighted by molar-refractivity contribution is 0.414. The Balaban J connectivity index is 2.32. The molecule has 0 radical (unpaired) electrons. The van der Waals surface area contributed by atoms with Gasteiger partial charge in [0.1, 0.15) is 11.6 Å². The summed E-state index contributed by atoms with van der Waals surface area (Å²) in [5.41, 5.74) is 0. The van der Waals surface area contributed by atoms with E-state index in [4.69, 9.17) is 4.74 Å². The van der Waals surface area contributed by atoms with Gasteiger partial charge in [0.05, 0.1) is 12.4 Å². The Bertz CT molecular complexity index is 804. The van der Waals surface area contributed by atoms with Gasteiger partial charge >= 0.3 is 0 Å². The van der Waals surface area contributed by atoms with Gasteiger partial charge in [-0.1, -0.05) is 60.7 Å². The highest BCUT2D eigenvalue weighted by atomic mass is 31.2. The monoisotopic (exact) mass is 326 g/mol. The summed E-state index contributed by atoms with van der Waals surface area (Å²) in [6.45, 7) is 0. The summed E-state index contributed by atoms with van der Waals surface area (Å²) in [6.07, 6.45) is 0. The van der Waals surface area contributed by atoms with E-state index in [9.17, 15) is 8.96 Å². The summed E-state index contributed by atoms with van der Waals surface area (Å²) in [7, 11) is -1.80. The molecule has 0 aliphatic heterocycles. The molecular formula is C19H16FO2P. The van der Waals surface area contributed by atoms with Gasteiger partial charge in [-0.25, -0.2) is 4.39 Å². The number of rotatable bonds is 4. The van der Waals surface area contributed by atoms with Crippen LogP contribution in [0, 0.1) is 5.82 Å².